The summed E-state index contributed by atoms with van der Waals surface area (Å²) in [6.45, 7) is 5.87. The summed E-state index contributed by atoms with van der Waals surface area (Å²) in [5.41, 5.74) is 6.23. The molecule has 0 amide bonds. The fourth-order valence-corrected chi connectivity index (χ4v) is 4.97. The lowest BCUT2D eigenvalue weighted by atomic mass is 9.83. The van der Waals surface area contributed by atoms with E-state index in [1.54, 1.807) is 22.3 Å². The van der Waals surface area contributed by atoms with E-state index in [-0.39, 0.29) is 0 Å². The van der Waals surface area contributed by atoms with Crippen molar-refractivity contribution in [1.82, 2.24) is 9.80 Å². The second-order valence-electron chi connectivity index (χ2n) is 7.41. The smallest absolute Gasteiger partial charge is 0.300 e. The molecule has 4 nitrogen and oxygen atoms in total. The summed E-state index contributed by atoms with van der Waals surface area (Å²) in [7, 11) is 0. The summed E-state index contributed by atoms with van der Waals surface area (Å²) in [5, 5.41) is 7.42. The first-order chi connectivity index (χ1) is 12.6. The molecule has 1 saturated heterocycles. The molecule has 5 rings (SSSR count). The van der Waals surface area contributed by atoms with Crippen LogP contribution in [-0.4, -0.2) is 40.1 Å². The minimum absolute atomic E-state index is 0.529. The van der Waals surface area contributed by atoms with Crippen molar-refractivity contribution in [3.8, 4) is 0 Å². The number of carboxylic acid groups (broad SMARTS) is 1. The number of hydrogen-bond acceptors (Lipinski definition) is 3. The summed E-state index contributed by atoms with van der Waals surface area (Å²) in [4.78, 5) is 14.5. The molecular formula is C22H26N2O2. The second-order valence-corrected chi connectivity index (χ2v) is 7.41. The molecule has 2 atom stereocenters. The Morgan fingerprint density at radius 2 is 1.27 bits per heavy atom. The molecule has 1 N–H and O–H groups in total. The third kappa shape index (κ3) is 2.83. The first-order valence-electron chi connectivity index (χ1n) is 9.44. The highest BCUT2D eigenvalue weighted by Crippen LogP contribution is 2.51. The molecule has 26 heavy (non-hydrogen) atoms. The van der Waals surface area contributed by atoms with Gasteiger partial charge in [0.15, 0.2) is 0 Å². The monoisotopic (exact) mass is 350 g/mol. The van der Waals surface area contributed by atoms with Gasteiger partial charge in [-0.2, -0.15) is 0 Å². The molecule has 1 fully saturated rings. The van der Waals surface area contributed by atoms with Gasteiger partial charge in [0.25, 0.3) is 5.97 Å². The van der Waals surface area contributed by atoms with Gasteiger partial charge in [0.05, 0.1) is 18.2 Å². The van der Waals surface area contributed by atoms with Crippen molar-refractivity contribution in [2.45, 2.75) is 44.9 Å². The van der Waals surface area contributed by atoms with Gasteiger partial charge in [-0.3, -0.25) is 14.6 Å². The van der Waals surface area contributed by atoms with Crippen molar-refractivity contribution in [2.24, 2.45) is 0 Å². The fourth-order valence-electron chi connectivity index (χ4n) is 4.97. The number of carbonyl (C=O) groups is 1. The van der Waals surface area contributed by atoms with E-state index in [0.29, 0.717) is 18.2 Å². The molecule has 0 bridgehead atoms. The Morgan fingerprint density at radius 3 is 1.69 bits per heavy atom. The van der Waals surface area contributed by atoms with Crippen LogP contribution in [0, 0.1) is 0 Å². The first kappa shape index (κ1) is 17.3. The van der Waals surface area contributed by atoms with Crippen molar-refractivity contribution in [2.75, 3.05) is 13.1 Å². The van der Waals surface area contributed by atoms with E-state index in [4.69, 9.17) is 9.90 Å². The van der Waals surface area contributed by atoms with E-state index < -0.39 is 5.97 Å². The summed E-state index contributed by atoms with van der Waals surface area (Å²) >= 11 is 0. The van der Waals surface area contributed by atoms with Gasteiger partial charge in [0.1, 0.15) is 0 Å². The van der Waals surface area contributed by atoms with E-state index >= 15 is 0 Å². The molecule has 0 radical (unpaired) electrons. The number of nitrogens with zero attached hydrogens (tertiary/aromatic N) is 2. The van der Waals surface area contributed by atoms with Gasteiger partial charge < -0.3 is 5.11 Å². The van der Waals surface area contributed by atoms with Crippen LogP contribution in [0.15, 0.2) is 48.5 Å². The Balaban J connectivity index is 0.000000385. The Bertz CT molecular complexity index is 754. The number of carboxylic acids is 1. The topological polar surface area (TPSA) is 43.8 Å². The highest BCUT2D eigenvalue weighted by Gasteiger charge is 2.49. The van der Waals surface area contributed by atoms with Crippen LogP contribution in [0.3, 0.4) is 0 Å². The Hall–Kier alpha value is -2.17. The maximum atomic E-state index is 9.00. The molecule has 2 aromatic carbocycles. The zero-order chi connectivity index (χ0) is 18.3. The number of benzene rings is 2. The summed E-state index contributed by atoms with van der Waals surface area (Å²) in [6, 6.07) is 19.2. The average Bonchev–Trinajstić information content (AvgIpc) is 2.94. The molecule has 3 heterocycles. The normalized spacial score (nSPS) is 26.6. The van der Waals surface area contributed by atoms with Crippen LogP contribution in [0.5, 0.6) is 0 Å². The molecule has 0 aromatic heterocycles. The lowest BCUT2D eigenvalue weighted by Gasteiger charge is -2.36. The number of aliphatic carboxylic acids is 1. The molecule has 4 heteroatoms. The SMILES string of the molecule is CC(=O)O.CC1N2CCc3ccccc3C2C2c3ccccc3CCN21. The van der Waals surface area contributed by atoms with Crippen LogP contribution < -0.4 is 0 Å². The van der Waals surface area contributed by atoms with Crippen LogP contribution >= 0.6 is 0 Å². The second kappa shape index (κ2) is 6.86. The van der Waals surface area contributed by atoms with Crippen LogP contribution in [0.1, 0.15) is 48.2 Å². The molecule has 2 unspecified atom stereocenters. The maximum absolute atomic E-state index is 9.00. The minimum atomic E-state index is -0.833. The van der Waals surface area contributed by atoms with Gasteiger partial charge in [-0.05, 0) is 42.0 Å². The van der Waals surface area contributed by atoms with Gasteiger partial charge in [-0.1, -0.05) is 48.5 Å². The quantitative estimate of drug-likeness (QED) is 0.788. The summed E-state index contributed by atoms with van der Waals surface area (Å²) in [5.74, 6) is -0.833. The van der Waals surface area contributed by atoms with Gasteiger partial charge in [0.2, 0.25) is 0 Å². The summed E-state index contributed by atoms with van der Waals surface area (Å²) in [6.07, 6.45) is 2.94. The average molecular weight is 350 g/mol. The minimum Gasteiger partial charge on any atom is -0.481 e. The predicted octanol–water partition coefficient (Wildman–Crippen LogP) is 3.64. The number of fused-ring (bicyclic) bond motifs is 7. The third-order valence-electron chi connectivity index (χ3n) is 6.00. The standard InChI is InChI=1S/C20H22N2.C2H4O2/c1-14-21-12-10-15-6-2-4-8-17(15)19(21)20-18-9-5-3-7-16(18)11-13-22(14)20;1-2(3)4/h2-9,14,19-20H,10-13H2,1H3;1H3,(H,3,4). The van der Waals surface area contributed by atoms with Crippen LogP contribution in [0.2, 0.25) is 0 Å². The third-order valence-corrected chi connectivity index (χ3v) is 6.00. The van der Waals surface area contributed by atoms with Gasteiger partial charge in [-0.15, -0.1) is 0 Å². The first-order valence-corrected chi connectivity index (χ1v) is 9.44. The van der Waals surface area contributed by atoms with Gasteiger partial charge in [0, 0.05) is 20.0 Å². The van der Waals surface area contributed by atoms with Crippen LogP contribution in [0.25, 0.3) is 0 Å². The van der Waals surface area contributed by atoms with E-state index in [2.05, 4.69) is 65.3 Å². The Labute approximate surface area is 155 Å². The maximum Gasteiger partial charge on any atom is 0.300 e. The fraction of sp³-hybridized carbons (Fsp3) is 0.409. The molecule has 0 saturated carbocycles. The van der Waals surface area contributed by atoms with Crippen molar-refractivity contribution in [1.29, 1.82) is 0 Å². The van der Waals surface area contributed by atoms with Gasteiger partial charge in [-0.25, -0.2) is 0 Å². The lowest BCUT2D eigenvalue weighted by molar-refractivity contribution is -0.134. The highest BCUT2D eigenvalue weighted by molar-refractivity contribution is 5.62. The molecule has 3 aliphatic heterocycles. The van der Waals surface area contributed by atoms with E-state index in [1.165, 1.54) is 25.9 Å². The van der Waals surface area contributed by atoms with E-state index in [0.717, 1.165) is 6.92 Å². The molecule has 2 aromatic rings. The van der Waals surface area contributed by atoms with Crippen molar-refractivity contribution in [3.63, 3.8) is 0 Å². The Kier molecular flexibility index (Phi) is 4.55. The predicted molar refractivity (Wildman–Crippen MR) is 102 cm³/mol. The highest BCUT2D eigenvalue weighted by atomic mass is 16.4. The molecule has 0 aliphatic carbocycles. The van der Waals surface area contributed by atoms with E-state index in [1.807, 2.05) is 0 Å². The van der Waals surface area contributed by atoms with Crippen molar-refractivity contribution >= 4 is 5.97 Å². The number of hydrogen-bond donors (Lipinski definition) is 1. The van der Waals surface area contributed by atoms with Crippen LogP contribution in [0.4, 0.5) is 0 Å². The van der Waals surface area contributed by atoms with E-state index in [9.17, 15) is 0 Å². The van der Waals surface area contributed by atoms with Crippen molar-refractivity contribution in [3.05, 3.63) is 70.8 Å². The molecular weight excluding hydrogens is 324 g/mol. The molecule has 3 aliphatic rings. The van der Waals surface area contributed by atoms with Crippen LogP contribution in [-0.2, 0) is 17.6 Å². The molecule has 0 spiro atoms. The lowest BCUT2D eigenvalue weighted by Crippen LogP contribution is -2.40. The zero-order valence-electron chi connectivity index (χ0n) is 15.4. The molecule has 136 valence electrons. The summed E-state index contributed by atoms with van der Waals surface area (Å²) < 4.78 is 0. The number of rotatable bonds is 0. The van der Waals surface area contributed by atoms with Gasteiger partial charge >= 0.3 is 0 Å². The Morgan fingerprint density at radius 1 is 0.885 bits per heavy atom. The largest absolute Gasteiger partial charge is 0.481 e. The zero-order valence-corrected chi connectivity index (χ0v) is 15.4. The van der Waals surface area contributed by atoms with Crippen molar-refractivity contribution < 1.29 is 9.90 Å².